The molecule has 1 aromatic heterocycles. The summed E-state index contributed by atoms with van der Waals surface area (Å²) >= 11 is 0. The largest absolute Gasteiger partial charge is 0.456 e. The number of hydrogen-bond donors (Lipinski definition) is 2. The Bertz CT molecular complexity index is 880. The van der Waals surface area contributed by atoms with Crippen LogP contribution in [0.2, 0.25) is 0 Å². The van der Waals surface area contributed by atoms with E-state index < -0.39 is 0 Å². The van der Waals surface area contributed by atoms with Gasteiger partial charge in [-0.3, -0.25) is 0 Å². The summed E-state index contributed by atoms with van der Waals surface area (Å²) in [5.74, 6) is 2.15. The molecule has 0 saturated carbocycles. The fraction of sp³-hybridized carbons (Fsp3) is 0.100. The zero-order chi connectivity index (χ0) is 19.2. The number of benzene rings is 2. The summed E-state index contributed by atoms with van der Waals surface area (Å²) in [6, 6.07) is 19.0. The summed E-state index contributed by atoms with van der Waals surface area (Å²) in [6.45, 7) is 0. The van der Waals surface area contributed by atoms with Gasteiger partial charge in [-0.05, 0) is 12.1 Å². The van der Waals surface area contributed by atoms with Gasteiger partial charge in [-0.15, -0.1) is 0 Å². The van der Waals surface area contributed by atoms with E-state index in [0.717, 1.165) is 33.8 Å². The van der Waals surface area contributed by atoms with Crippen LogP contribution in [0.25, 0.3) is 22.6 Å². The van der Waals surface area contributed by atoms with Crippen molar-refractivity contribution in [2.45, 2.75) is 0 Å². The molecule has 27 heavy (non-hydrogen) atoms. The van der Waals surface area contributed by atoms with Gasteiger partial charge in [-0.2, -0.15) is 0 Å². The second kappa shape index (κ2) is 8.09. The van der Waals surface area contributed by atoms with Crippen LogP contribution >= 0.6 is 0 Å². The first kappa shape index (κ1) is 18.1. The molecule has 7 nitrogen and oxygen atoms in total. The highest BCUT2D eigenvalue weighted by Crippen LogP contribution is 2.28. The van der Waals surface area contributed by atoms with Crippen molar-refractivity contribution in [1.29, 1.82) is 0 Å². The van der Waals surface area contributed by atoms with Gasteiger partial charge in [0.2, 0.25) is 0 Å². The van der Waals surface area contributed by atoms with E-state index in [1.54, 1.807) is 0 Å². The van der Waals surface area contributed by atoms with Gasteiger partial charge < -0.3 is 25.6 Å². The molecule has 0 bridgehead atoms. The predicted octanol–water partition coefficient (Wildman–Crippen LogP) is 3.15. The van der Waals surface area contributed by atoms with E-state index in [1.807, 2.05) is 60.7 Å². The zero-order valence-corrected chi connectivity index (χ0v) is 15.0. The molecular formula is C20H20N4O3. The molecule has 3 rings (SSSR count). The molecule has 0 amide bonds. The molecule has 0 aliphatic carbocycles. The molecule has 1 heterocycles. The maximum atomic E-state index is 5.98. The average Bonchev–Trinajstić information content (AvgIpc) is 3.19. The van der Waals surface area contributed by atoms with Gasteiger partial charge in [0.15, 0.2) is 11.7 Å². The summed E-state index contributed by atoms with van der Waals surface area (Å²) in [5, 5.41) is 7.44. The normalized spacial score (nSPS) is 12.1. The van der Waals surface area contributed by atoms with Gasteiger partial charge in [0.25, 0.3) is 0 Å². The predicted molar refractivity (Wildman–Crippen MR) is 105 cm³/mol. The van der Waals surface area contributed by atoms with Crippen LogP contribution in [0, 0.1) is 0 Å². The van der Waals surface area contributed by atoms with Crippen molar-refractivity contribution in [3.63, 3.8) is 0 Å². The fourth-order valence-corrected chi connectivity index (χ4v) is 2.56. The Morgan fingerprint density at radius 2 is 1.04 bits per heavy atom. The zero-order valence-electron chi connectivity index (χ0n) is 15.0. The Hall–Kier alpha value is -3.74. The number of rotatable bonds is 6. The van der Waals surface area contributed by atoms with E-state index in [9.17, 15) is 0 Å². The standard InChI is InChI=1S/C20H20N4O3/c1-25-23-19(21)15-7-3-13(4-8-15)17-11-12-18(27-17)14-5-9-16(10-6-14)20(22)24-26-2/h3-12H,1-2H3,(H2,21,23)(H2,22,24). The summed E-state index contributed by atoms with van der Waals surface area (Å²) < 4.78 is 5.98. The lowest BCUT2D eigenvalue weighted by Gasteiger charge is -2.03. The van der Waals surface area contributed by atoms with E-state index in [-0.39, 0.29) is 0 Å². The molecule has 0 fully saturated rings. The Morgan fingerprint density at radius 1 is 0.667 bits per heavy atom. The summed E-state index contributed by atoms with van der Waals surface area (Å²) in [5.41, 5.74) is 15.0. The number of amidine groups is 2. The Kier molecular flexibility index (Phi) is 5.41. The van der Waals surface area contributed by atoms with Gasteiger partial charge in [0.05, 0.1) is 0 Å². The number of nitrogens with zero attached hydrogens (tertiary/aromatic N) is 2. The third kappa shape index (κ3) is 4.09. The number of furan rings is 1. The van der Waals surface area contributed by atoms with Crippen molar-refractivity contribution in [2.24, 2.45) is 21.8 Å². The van der Waals surface area contributed by atoms with Gasteiger partial charge in [0, 0.05) is 22.3 Å². The maximum Gasteiger partial charge on any atom is 0.170 e. The Balaban J connectivity index is 1.80. The molecule has 4 N–H and O–H groups in total. The lowest BCUT2D eigenvalue weighted by molar-refractivity contribution is 0.213. The molecule has 0 aliphatic rings. The van der Waals surface area contributed by atoms with Crippen LogP contribution < -0.4 is 11.5 Å². The first-order chi connectivity index (χ1) is 13.1. The minimum Gasteiger partial charge on any atom is -0.456 e. The molecule has 0 atom stereocenters. The van der Waals surface area contributed by atoms with E-state index >= 15 is 0 Å². The average molecular weight is 364 g/mol. The summed E-state index contributed by atoms with van der Waals surface area (Å²) in [7, 11) is 2.91. The second-order valence-corrected chi connectivity index (χ2v) is 5.64. The monoisotopic (exact) mass is 364 g/mol. The van der Waals surface area contributed by atoms with Crippen LogP contribution in [0.15, 0.2) is 75.4 Å². The minimum atomic E-state index is 0.320. The molecule has 0 radical (unpaired) electrons. The van der Waals surface area contributed by atoms with Crippen molar-refractivity contribution in [1.82, 2.24) is 0 Å². The SMILES string of the molecule is CO/N=C(/N)c1ccc(-c2ccc(-c3ccc(/C(N)=N\OC)cc3)o2)cc1. The first-order valence-electron chi connectivity index (χ1n) is 8.17. The van der Waals surface area contributed by atoms with E-state index in [0.29, 0.717) is 11.7 Å². The first-order valence-corrected chi connectivity index (χ1v) is 8.17. The highest BCUT2D eigenvalue weighted by Gasteiger charge is 2.09. The van der Waals surface area contributed by atoms with Crippen LogP contribution in [0.4, 0.5) is 0 Å². The van der Waals surface area contributed by atoms with Gasteiger partial charge in [-0.1, -0.05) is 58.8 Å². The number of hydrogen-bond acceptors (Lipinski definition) is 5. The molecule has 0 spiro atoms. The number of oxime groups is 2. The highest BCUT2D eigenvalue weighted by molar-refractivity contribution is 5.98. The molecule has 7 heteroatoms. The maximum absolute atomic E-state index is 5.98. The lowest BCUT2D eigenvalue weighted by atomic mass is 10.1. The molecule has 138 valence electrons. The number of nitrogens with two attached hydrogens (primary N) is 2. The van der Waals surface area contributed by atoms with Crippen LogP contribution in [-0.2, 0) is 9.68 Å². The van der Waals surface area contributed by atoms with E-state index in [1.165, 1.54) is 14.2 Å². The fourth-order valence-electron chi connectivity index (χ4n) is 2.56. The summed E-state index contributed by atoms with van der Waals surface area (Å²) in [4.78, 5) is 9.37. The van der Waals surface area contributed by atoms with Gasteiger partial charge >= 0.3 is 0 Å². The Labute approximate surface area is 156 Å². The van der Waals surface area contributed by atoms with Crippen molar-refractivity contribution < 1.29 is 14.1 Å². The third-order valence-corrected chi connectivity index (χ3v) is 3.92. The van der Waals surface area contributed by atoms with Crippen LogP contribution in [0.1, 0.15) is 11.1 Å². The lowest BCUT2D eigenvalue weighted by Crippen LogP contribution is -2.13. The topological polar surface area (TPSA) is 108 Å². The van der Waals surface area contributed by atoms with Gasteiger partial charge in [-0.25, -0.2) is 0 Å². The van der Waals surface area contributed by atoms with Crippen molar-refractivity contribution in [2.75, 3.05) is 14.2 Å². The van der Waals surface area contributed by atoms with Crippen molar-refractivity contribution in [3.8, 4) is 22.6 Å². The quantitative estimate of drug-likeness (QED) is 0.397. The molecule has 3 aromatic rings. The van der Waals surface area contributed by atoms with Gasteiger partial charge in [0.1, 0.15) is 25.7 Å². The minimum absolute atomic E-state index is 0.320. The van der Waals surface area contributed by atoms with E-state index in [4.69, 9.17) is 15.9 Å². The van der Waals surface area contributed by atoms with Crippen LogP contribution in [0.3, 0.4) is 0 Å². The van der Waals surface area contributed by atoms with Crippen molar-refractivity contribution >= 4 is 11.7 Å². The van der Waals surface area contributed by atoms with E-state index in [2.05, 4.69) is 20.0 Å². The molecule has 0 saturated heterocycles. The molecular weight excluding hydrogens is 344 g/mol. The van der Waals surface area contributed by atoms with Crippen LogP contribution in [-0.4, -0.2) is 25.9 Å². The molecule has 2 aromatic carbocycles. The Morgan fingerprint density at radius 3 is 1.37 bits per heavy atom. The van der Waals surface area contributed by atoms with Crippen molar-refractivity contribution in [3.05, 3.63) is 71.8 Å². The molecule has 0 unspecified atom stereocenters. The third-order valence-electron chi connectivity index (χ3n) is 3.92. The smallest absolute Gasteiger partial charge is 0.170 e. The highest BCUT2D eigenvalue weighted by atomic mass is 16.6. The summed E-state index contributed by atoms with van der Waals surface area (Å²) in [6.07, 6.45) is 0. The van der Waals surface area contributed by atoms with Crippen LogP contribution in [0.5, 0.6) is 0 Å². The second-order valence-electron chi connectivity index (χ2n) is 5.64. The molecule has 0 aliphatic heterocycles.